The first-order valence-electron chi connectivity index (χ1n) is 5.21. The average Bonchev–Trinajstić information content (AvgIpc) is 2.71. The molecule has 1 atom stereocenters. The Hall–Kier alpha value is -1.40. The molecule has 1 aromatic rings. The van der Waals surface area contributed by atoms with Crippen LogP contribution in [-0.4, -0.2) is 29.0 Å². The van der Waals surface area contributed by atoms with E-state index < -0.39 is 21.2 Å². The fraction of sp³-hybridized carbons (Fsp3) is 0.364. The summed E-state index contributed by atoms with van der Waals surface area (Å²) in [5.74, 6) is -1.32. The van der Waals surface area contributed by atoms with Gasteiger partial charge in [0.05, 0.1) is 0 Å². The molecule has 1 heterocycles. The SMILES string of the molecule is CC(C(=O)O)S(=O)(=O)N1Cc2ccccc2C1. The Balaban J connectivity index is 2.27. The van der Waals surface area contributed by atoms with E-state index in [1.807, 2.05) is 24.3 Å². The van der Waals surface area contributed by atoms with Crippen molar-refractivity contribution in [2.45, 2.75) is 25.3 Å². The summed E-state index contributed by atoms with van der Waals surface area (Å²) < 4.78 is 25.2. The van der Waals surface area contributed by atoms with E-state index in [2.05, 4.69) is 0 Å². The Bertz CT molecular complexity index is 527. The van der Waals surface area contributed by atoms with E-state index >= 15 is 0 Å². The van der Waals surface area contributed by atoms with Crippen molar-refractivity contribution in [3.8, 4) is 0 Å². The van der Waals surface area contributed by atoms with Crippen LogP contribution < -0.4 is 0 Å². The van der Waals surface area contributed by atoms with Gasteiger partial charge in [-0.15, -0.1) is 0 Å². The minimum atomic E-state index is -3.77. The number of aliphatic carboxylic acids is 1. The summed E-state index contributed by atoms with van der Waals surface area (Å²) in [6.45, 7) is 1.72. The third-order valence-corrected chi connectivity index (χ3v) is 5.04. The summed E-state index contributed by atoms with van der Waals surface area (Å²) >= 11 is 0. The lowest BCUT2D eigenvalue weighted by Gasteiger charge is -2.18. The van der Waals surface area contributed by atoms with Gasteiger partial charge in [0.2, 0.25) is 10.0 Å². The van der Waals surface area contributed by atoms with Gasteiger partial charge in [-0.25, -0.2) is 8.42 Å². The largest absolute Gasteiger partial charge is 0.480 e. The smallest absolute Gasteiger partial charge is 0.323 e. The summed E-state index contributed by atoms with van der Waals surface area (Å²) in [7, 11) is -3.77. The van der Waals surface area contributed by atoms with E-state index in [1.165, 1.54) is 11.2 Å². The van der Waals surface area contributed by atoms with Crippen molar-refractivity contribution in [1.82, 2.24) is 4.31 Å². The highest BCUT2D eigenvalue weighted by molar-refractivity contribution is 7.90. The molecule has 0 spiro atoms. The second kappa shape index (κ2) is 4.12. The third-order valence-electron chi connectivity index (χ3n) is 2.97. The van der Waals surface area contributed by atoms with E-state index in [4.69, 9.17) is 5.11 Å². The molecule has 2 rings (SSSR count). The normalized spacial score (nSPS) is 17.7. The molecule has 92 valence electrons. The third kappa shape index (κ3) is 2.05. The lowest BCUT2D eigenvalue weighted by atomic mass is 10.1. The number of benzene rings is 1. The van der Waals surface area contributed by atoms with Crippen LogP contribution in [0.25, 0.3) is 0 Å². The van der Waals surface area contributed by atoms with Crippen LogP contribution >= 0.6 is 0 Å². The van der Waals surface area contributed by atoms with Crippen LogP contribution in [0.5, 0.6) is 0 Å². The molecule has 0 bridgehead atoms. The Morgan fingerprint density at radius 3 is 2.18 bits per heavy atom. The number of hydrogen-bond acceptors (Lipinski definition) is 3. The fourth-order valence-corrected chi connectivity index (χ4v) is 3.17. The predicted molar refractivity (Wildman–Crippen MR) is 61.7 cm³/mol. The van der Waals surface area contributed by atoms with Gasteiger partial charge in [-0.2, -0.15) is 4.31 Å². The number of carboxylic acid groups (broad SMARTS) is 1. The molecule has 0 saturated carbocycles. The monoisotopic (exact) mass is 255 g/mol. The molecule has 1 unspecified atom stereocenters. The fourth-order valence-electron chi connectivity index (χ4n) is 1.83. The van der Waals surface area contributed by atoms with Crippen molar-refractivity contribution in [3.05, 3.63) is 35.4 Å². The first-order chi connectivity index (χ1) is 7.93. The minimum absolute atomic E-state index is 0.260. The van der Waals surface area contributed by atoms with Gasteiger partial charge in [0, 0.05) is 13.1 Å². The van der Waals surface area contributed by atoms with Crippen LogP contribution in [-0.2, 0) is 27.9 Å². The standard InChI is InChI=1S/C11H13NO4S/c1-8(11(13)14)17(15,16)12-6-9-4-2-3-5-10(9)7-12/h2-5,8H,6-7H2,1H3,(H,13,14). The van der Waals surface area contributed by atoms with Crippen molar-refractivity contribution < 1.29 is 18.3 Å². The molecule has 1 aromatic carbocycles. The van der Waals surface area contributed by atoms with Gasteiger partial charge in [0.15, 0.2) is 5.25 Å². The summed E-state index contributed by atoms with van der Waals surface area (Å²) in [5, 5.41) is 7.38. The molecule has 0 aliphatic carbocycles. The highest BCUT2D eigenvalue weighted by atomic mass is 32.2. The minimum Gasteiger partial charge on any atom is -0.480 e. The summed E-state index contributed by atoms with van der Waals surface area (Å²) in [6.07, 6.45) is 0. The first-order valence-corrected chi connectivity index (χ1v) is 6.72. The highest BCUT2D eigenvalue weighted by Crippen LogP contribution is 2.26. The Morgan fingerprint density at radius 2 is 1.76 bits per heavy atom. The molecule has 0 saturated heterocycles. The lowest BCUT2D eigenvalue weighted by Crippen LogP contribution is -2.38. The van der Waals surface area contributed by atoms with Gasteiger partial charge in [0.25, 0.3) is 0 Å². The van der Waals surface area contributed by atoms with E-state index in [-0.39, 0.29) is 13.1 Å². The topological polar surface area (TPSA) is 74.7 Å². The van der Waals surface area contributed by atoms with Gasteiger partial charge in [-0.3, -0.25) is 4.79 Å². The van der Waals surface area contributed by atoms with Gasteiger partial charge < -0.3 is 5.11 Å². The first kappa shape index (κ1) is 12.1. The summed E-state index contributed by atoms with van der Waals surface area (Å²) in [4.78, 5) is 10.8. The summed E-state index contributed by atoms with van der Waals surface area (Å²) in [5.41, 5.74) is 1.88. The molecule has 1 N–H and O–H groups in total. The zero-order valence-electron chi connectivity index (χ0n) is 9.33. The molecular weight excluding hydrogens is 242 g/mol. The van der Waals surface area contributed by atoms with E-state index in [9.17, 15) is 13.2 Å². The quantitative estimate of drug-likeness (QED) is 0.867. The lowest BCUT2D eigenvalue weighted by molar-refractivity contribution is -0.136. The summed E-state index contributed by atoms with van der Waals surface area (Å²) in [6, 6.07) is 7.40. The number of sulfonamides is 1. The van der Waals surface area contributed by atoms with Gasteiger partial charge in [-0.1, -0.05) is 24.3 Å². The van der Waals surface area contributed by atoms with Gasteiger partial charge >= 0.3 is 5.97 Å². The molecule has 0 aromatic heterocycles. The van der Waals surface area contributed by atoms with Crippen molar-refractivity contribution in [2.75, 3.05) is 0 Å². The number of nitrogens with zero attached hydrogens (tertiary/aromatic N) is 1. The number of rotatable bonds is 3. The van der Waals surface area contributed by atoms with Gasteiger partial charge in [-0.05, 0) is 18.1 Å². The number of fused-ring (bicyclic) bond motifs is 1. The number of hydrogen-bond donors (Lipinski definition) is 1. The zero-order valence-corrected chi connectivity index (χ0v) is 10.1. The van der Waals surface area contributed by atoms with E-state index in [1.54, 1.807) is 0 Å². The predicted octanol–water partition coefficient (Wildman–Crippen LogP) is 0.805. The van der Waals surface area contributed by atoms with E-state index in [0.717, 1.165) is 11.1 Å². The zero-order chi connectivity index (χ0) is 12.6. The molecule has 5 nitrogen and oxygen atoms in total. The van der Waals surface area contributed by atoms with E-state index in [0.29, 0.717) is 0 Å². The van der Waals surface area contributed by atoms with Crippen molar-refractivity contribution >= 4 is 16.0 Å². The van der Waals surface area contributed by atoms with Crippen molar-refractivity contribution in [1.29, 1.82) is 0 Å². The second-order valence-electron chi connectivity index (χ2n) is 4.06. The molecule has 0 amide bonds. The molecule has 1 aliphatic heterocycles. The number of carbonyl (C=O) groups is 1. The van der Waals surface area contributed by atoms with Crippen LogP contribution in [0.2, 0.25) is 0 Å². The number of carboxylic acids is 1. The molecular formula is C11H13NO4S. The second-order valence-corrected chi connectivity index (χ2v) is 6.32. The Morgan fingerprint density at radius 1 is 1.29 bits per heavy atom. The molecule has 1 aliphatic rings. The Kier molecular flexibility index (Phi) is 2.92. The Labute approximate surface area is 99.7 Å². The maximum absolute atomic E-state index is 12.0. The maximum Gasteiger partial charge on any atom is 0.323 e. The molecule has 6 heteroatoms. The molecule has 17 heavy (non-hydrogen) atoms. The highest BCUT2D eigenvalue weighted by Gasteiger charge is 2.36. The molecule has 0 fully saturated rings. The molecule has 0 radical (unpaired) electrons. The van der Waals surface area contributed by atoms with Gasteiger partial charge in [0.1, 0.15) is 0 Å². The van der Waals surface area contributed by atoms with Crippen molar-refractivity contribution in [3.63, 3.8) is 0 Å². The van der Waals surface area contributed by atoms with Crippen LogP contribution in [0.1, 0.15) is 18.1 Å². The van der Waals surface area contributed by atoms with Crippen molar-refractivity contribution in [2.24, 2.45) is 0 Å². The van der Waals surface area contributed by atoms with Crippen LogP contribution in [0.15, 0.2) is 24.3 Å². The van der Waals surface area contributed by atoms with Crippen LogP contribution in [0, 0.1) is 0 Å². The average molecular weight is 255 g/mol. The maximum atomic E-state index is 12.0. The van der Waals surface area contributed by atoms with Crippen LogP contribution in [0.3, 0.4) is 0 Å². The van der Waals surface area contributed by atoms with Crippen LogP contribution in [0.4, 0.5) is 0 Å².